The zero-order valence-corrected chi connectivity index (χ0v) is 12.5. The van der Waals surface area contributed by atoms with E-state index in [0.717, 1.165) is 48.8 Å². The number of hydrogen-bond acceptors (Lipinski definition) is 5. The fourth-order valence-corrected chi connectivity index (χ4v) is 1.88. The number of aliphatic hydroxyl groups excluding tert-OH is 1. The van der Waals surface area contributed by atoms with E-state index in [-0.39, 0.29) is 6.10 Å². The molecule has 0 radical (unpaired) electrons. The van der Waals surface area contributed by atoms with Gasteiger partial charge in [0.1, 0.15) is 17.5 Å². The fourth-order valence-electron chi connectivity index (χ4n) is 1.88. The zero-order chi connectivity index (χ0) is 14.3. The largest absolute Gasteiger partial charge is 0.391 e. The molecule has 0 fully saturated rings. The lowest BCUT2D eigenvalue weighted by atomic mass is 10.2. The van der Waals surface area contributed by atoms with Gasteiger partial charge in [-0.2, -0.15) is 0 Å². The second kappa shape index (κ2) is 7.94. The molecule has 1 aromatic heterocycles. The third-order valence-electron chi connectivity index (χ3n) is 2.98. The Morgan fingerprint density at radius 2 is 1.74 bits per heavy atom. The van der Waals surface area contributed by atoms with Crippen LogP contribution in [0.2, 0.25) is 0 Å². The molecule has 19 heavy (non-hydrogen) atoms. The molecule has 1 heterocycles. The van der Waals surface area contributed by atoms with E-state index in [4.69, 9.17) is 0 Å². The van der Waals surface area contributed by atoms with Crippen LogP contribution in [0, 0.1) is 6.92 Å². The molecule has 0 spiro atoms. The summed E-state index contributed by atoms with van der Waals surface area (Å²) in [5.41, 5.74) is 1.00. The van der Waals surface area contributed by atoms with Crippen molar-refractivity contribution in [1.82, 2.24) is 9.97 Å². The molecule has 1 rings (SSSR count). The molecular formula is C14H26N4O. The quantitative estimate of drug-likeness (QED) is 0.674. The van der Waals surface area contributed by atoms with E-state index in [1.165, 1.54) is 0 Å². The number of aryl methyl sites for hydroxylation is 1. The van der Waals surface area contributed by atoms with E-state index in [2.05, 4.69) is 27.5 Å². The van der Waals surface area contributed by atoms with Crippen LogP contribution in [0.25, 0.3) is 0 Å². The molecule has 5 nitrogen and oxygen atoms in total. The molecular weight excluding hydrogens is 240 g/mol. The molecule has 0 aliphatic heterocycles. The second-order valence-corrected chi connectivity index (χ2v) is 4.67. The van der Waals surface area contributed by atoms with Crippen LogP contribution in [-0.4, -0.2) is 34.3 Å². The van der Waals surface area contributed by atoms with Gasteiger partial charge in [0.15, 0.2) is 0 Å². The number of rotatable bonds is 8. The Morgan fingerprint density at radius 1 is 1.11 bits per heavy atom. The zero-order valence-electron chi connectivity index (χ0n) is 12.5. The van der Waals surface area contributed by atoms with E-state index >= 15 is 0 Å². The van der Waals surface area contributed by atoms with Crippen molar-refractivity contribution >= 4 is 11.6 Å². The molecule has 1 atom stereocenters. The van der Waals surface area contributed by atoms with Crippen LogP contribution in [0.5, 0.6) is 0 Å². The van der Waals surface area contributed by atoms with Crippen molar-refractivity contribution in [2.24, 2.45) is 0 Å². The lowest BCUT2D eigenvalue weighted by molar-refractivity contribution is 0.176. The summed E-state index contributed by atoms with van der Waals surface area (Å²) in [7, 11) is 0. The fraction of sp³-hybridized carbons (Fsp3) is 0.714. The van der Waals surface area contributed by atoms with E-state index < -0.39 is 0 Å². The summed E-state index contributed by atoms with van der Waals surface area (Å²) in [6.07, 6.45) is 2.25. The Labute approximate surface area is 115 Å². The van der Waals surface area contributed by atoms with E-state index in [0.29, 0.717) is 6.54 Å². The number of nitrogens with one attached hydrogen (secondary N) is 2. The van der Waals surface area contributed by atoms with Crippen molar-refractivity contribution < 1.29 is 5.11 Å². The van der Waals surface area contributed by atoms with Gasteiger partial charge in [0.25, 0.3) is 0 Å². The topological polar surface area (TPSA) is 70.1 Å². The SMILES string of the molecule is CCCC(O)CNc1nc(CC)nc(NCC)c1C. The third-order valence-corrected chi connectivity index (χ3v) is 2.98. The molecule has 0 aromatic carbocycles. The van der Waals surface area contributed by atoms with Crippen LogP contribution in [0.1, 0.15) is 45.0 Å². The highest BCUT2D eigenvalue weighted by molar-refractivity contribution is 5.57. The molecule has 0 amide bonds. The molecule has 0 aliphatic rings. The first-order valence-corrected chi connectivity index (χ1v) is 7.15. The van der Waals surface area contributed by atoms with Gasteiger partial charge >= 0.3 is 0 Å². The molecule has 3 N–H and O–H groups in total. The summed E-state index contributed by atoms with van der Waals surface area (Å²) in [5, 5.41) is 16.3. The van der Waals surface area contributed by atoms with Gasteiger partial charge in [-0.25, -0.2) is 9.97 Å². The van der Waals surface area contributed by atoms with Gasteiger partial charge < -0.3 is 15.7 Å². The molecule has 1 aromatic rings. The van der Waals surface area contributed by atoms with Gasteiger partial charge in [0.05, 0.1) is 6.10 Å². The van der Waals surface area contributed by atoms with Crippen LogP contribution in [-0.2, 0) is 6.42 Å². The second-order valence-electron chi connectivity index (χ2n) is 4.67. The molecule has 0 saturated heterocycles. The van der Waals surface area contributed by atoms with Gasteiger partial charge in [-0.05, 0) is 20.3 Å². The average molecular weight is 266 g/mol. The molecule has 108 valence electrons. The van der Waals surface area contributed by atoms with Crippen molar-refractivity contribution in [2.75, 3.05) is 23.7 Å². The summed E-state index contributed by atoms with van der Waals surface area (Å²) in [5.74, 6) is 2.51. The predicted octanol–water partition coefficient (Wildman–Crippen LogP) is 2.35. The first-order chi connectivity index (χ1) is 9.12. The smallest absolute Gasteiger partial charge is 0.134 e. The normalized spacial score (nSPS) is 12.3. The lowest BCUT2D eigenvalue weighted by Gasteiger charge is -2.16. The highest BCUT2D eigenvalue weighted by Gasteiger charge is 2.11. The minimum absolute atomic E-state index is 0.327. The van der Waals surface area contributed by atoms with Gasteiger partial charge in [0, 0.05) is 25.1 Å². The summed E-state index contributed by atoms with van der Waals surface area (Å²) in [6.45, 7) is 9.50. The monoisotopic (exact) mass is 266 g/mol. The maximum atomic E-state index is 9.78. The lowest BCUT2D eigenvalue weighted by Crippen LogP contribution is -2.21. The van der Waals surface area contributed by atoms with Gasteiger partial charge in [-0.1, -0.05) is 20.3 Å². The third kappa shape index (κ3) is 4.67. The molecule has 5 heteroatoms. The van der Waals surface area contributed by atoms with E-state index in [1.54, 1.807) is 0 Å². The van der Waals surface area contributed by atoms with E-state index in [1.807, 2.05) is 20.8 Å². The van der Waals surface area contributed by atoms with Crippen molar-refractivity contribution in [1.29, 1.82) is 0 Å². The molecule has 0 aliphatic carbocycles. The number of aliphatic hydroxyl groups is 1. The first-order valence-electron chi connectivity index (χ1n) is 7.15. The van der Waals surface area contributed by atoms with Crippen LogP contribution >= 0.6 is 0 Å². The van der Waals surface area contributed by atoms with Crippen molar-refractivity contribution in [3.63, 3.8) is 0 Å². The number of hydrogen-bond donors (Lipinski definition) is 3. The predicted molar refractivity (Wildman–Crippen MR) is 79.7 cm³/mol. The number of anilines is 2. The van der Waals surface area contributed by atoms with Crippen molar-refractivity contribution in [2.45, 2.75) is 53.1 Å². The summed E-state index contributed by atoms with van der Waals surface area (Å²) in [4.78, 5) is 8.97. The van der Waals surface area contributed by atoms with Crippen LogP contribution in [0.15, 0.2) is 0 Å². The maximum absolute atomic E-state index is 9.78. The molecule has 0 bridgehead atoms. The highest BCUT2D eigenvalue weighted by Crippen LogP contribution is 2.20. The average Bonchev–Trinajstić information content (AvgIpc) is 2.40. The summed E-state index contributed by atoms with van der Waals surface area (Å²) >= 11 is 0. The Hall–Kier alpha value is -1.36. The molecule has 0 saturated carbocycles. The minimum atomic E-state index is -0.327. The maximum Gasteiger partial charge on any atom is 0.134 e. The van der Waals surface area contributed by atoms with Crippen LogP contribution < -0.4 is 10.6 Å². The minimum Gasteiger partial charge on any atom is -0.391 e. The van der Waals surface area contributed by atoms with Crippen LogP contribution in [0.4, 0.5) is 11.6 Å². The highest BCUT2D eigenvalue weighted by atomic mass is 16.3. The summed E-state index contributed by atoms with van der Waals surface area (Å²) in [6, 6.07) is 0. The number of aromatic nitrogens is 2. The van der Waals surface area contributed by atoms with Crippen LogP contribution in [0.3, 0.4) is 0 Å². The molecule has 1 unspecified atom stereocenters. The Balaban J connectivity index is 2.83. The van der Waals surface area contributed by atoms with Gasteiger partial charge in [0.2, 0.25) is 0 Å². The Morgan fingerprint density at radius 3 is 2.26 bits per heavy atom. The first kappa shape index (κ1) is 15.7. The Kier molecular flexibility index (Phi) is 6.56. The van der Waals surface area contributed by atoms with Crippen molar-refractivity contribution in [3.05, 3.63) is 11.4 Å². The summed E-state index contributed by atoms with van der Waals surface area (Å²) < 4.78 is 0. The van der Waals surface area contributed by atoms with E-state index in [9.17, 15) is 5.11 Å². The standard InChI is InChI=1S/C14H26N4O/c1-5-8-11(19)9-16-14-10(4)13(15-7-3)17-12(6-2)18-14/h11,19H,5-9H2,1-4H3,(H2,15,16,17,18). The van der Waals surface area contributed by atoms with Crippen molar-refractivity contribution in [3.8, 4) is 0 Å². The Bertz CT molecular complexity index is 395. The van der Waals surface area contributed by atoms with Gasteiger partial charge in [-0.15, -0.1) is 0 Å². The number of nitrogens with zero attached hydrogens (tertiary/aromatic N) is 2. The van der Waals surface area contributed by atoms with Gasteiger partial charge in [-0.3, -0.25) is 0 Å².